The summed E-state index contributed by atoms with van der Waals surface area (Å²) in [6.45, 7) is 28.7. The first kappa shape index (κ1) is 48.5. The van der Waals surface area contributed by atoms with E-state index in [1.165, 1.54) is 0 Å². The topological polar surface area (TPSA) is 52.6 Å². The Hall–Kier alpha value is -5.92. The molecule has 68 heavy (non-hydrogen) atoms. The molecule has 346 valence electrons. The number of aryl methyl sites for hydroxylation is 8. The number of carbonyl (C=O) groups is 2. The zero-order valence-corrected chi connectivity index (χ0v) is 44.0. The molecule has 8 rings (SSSR count). The molecule has 4 nitrogen and oxygen atoms in total. The maximum absolute atomic E-state index is 14.6. The first-order valence-corrected chi connectivity index (χ1v) is 26.2. The van der Waals surface area contributed by atoms with Crippen LogP contribution in [0.3, 0.4) is 0 Å². The molecule has 0 aliphatic carbocycles. The van der Waals surface area contributed by atoms with Gasteiger partial charge < -0.3 is 9.47 Å². The Bertz CT molecular complexity index is 2890. The fourth-order valence-electron chi connectivity index (χ4n) is 9.37. The second kappa shape index (κ2) is 18.9. The highest BCUT2D eigenvalue weighted by molar-refractivity contribution is 7.81. The molecule has 0 radical (unpaired) electrons. The third kappa shape index (κ3) is 10.1. The highest BCUT2D eigenvalue weighted by Gasteiger charge is 2.36. The fraction of sp³-hybridized carbons (Fsp3) is 0.258. The summed E-state index contributed by atoms with van der Waals surface area (Å²) in [6, 6.07) is 48.5. The van der Waals surface area contributed by atoms with Crippen LogP contribution in [-0.4, -0.2) is 11.9 Å². The number of benzene rings is 8. The van der Waals surface area contributed by atoms with Gasteiger partial charge in [0.05, 0.1) is 10.8 Å². The predicted octanol–water partition coefficient (Wildman–Crippen LogP) is 13.5. The van der Waals surface area contributed by atoms with E-state index in [1.807, 2.05) is 41.5 Å². The normalized spacial score (nSPS) is 12.1. The maximum atomic E-state index is 14.6. The highest BCUT2D eigenvalue weighted by atomic mass is 31.1. The van der Waals surface area contributed by atoms with Gasteiger partial charge in [0, 0.05) is 21.7 Å². The SMILES string of the molecule is Cc1cc(C)cc(P(c2cc(C)cc(C)c2)c2c(OC(=O)C(C)(C)C)cc3ccccc3c2-c2c(P(c3cc(C)cc(C)c3)c3cc(C)cc(C)c3)c(OC(=O)C(C)(C)C)cc3ccccc23)c1. The third-order valence-corrected chi connectivity index (χ3v) is 17.0. The minimum Gasteiger partial charge on any atom is -0.425 e. The zero-order chi connectivity index (χ0) is 49.0. The number of carbonyl (C=O) groups excluding carboxylic acids is 2. The van der Waals surface area contributed by atoms with Gasteiger partial charge in [0.25, 0.3) is 0 Å². The van der Waals surface area contributed by atoms with Crippen LogP contribution in [-0.2, 0) is 9.59 Å². The van der Waals surface area contributed by atoms with Crippen molar-refractivity contribution in [3.63, 3.8) is 0 Å². The lowest BCUT2D eigenvalue weighted by molar-refractivity contribution is -0.143. The molecule has 0 aliphatic heterocycles. The number of hydrogen-bond donors (Lipinski definition) is 0. The second-order valence-corrected chi connectivity index (χ2v) is 25.3. The third-order valence-electron chi connectivity index (χ3n) is 12.2. The number of ether oxygens (including phenoxy) is 2. The lowest BCUT2D eigenvalue weighted by Crippen LogP contribution is -2.32. The molecule has 0 aromatic heterocycles. The van der Waals surface area contributed by atoms with Gasteiger partial charge in [-0.05, 0) is 168 Å². The highest BCUT2D eigenvalue weighted by Crippen LogP contribution is 2.51. The largest absolute Gasteiger partial charge is 0.425 e. The van der Waals surface area contributed by atoms with Crippen LogP contribution >= 0.6 is 15.8 Å². The summed E-state index contributed by atoms with van der Waals surface area (Å²) in [5, 5.41) is 10.4. The summed E-state index contributed by atoms with van der Waals surface area (Å²) >= 11 is 0. The molecule has 0 saturated heterocycles. The van der Waals surface area contributed by atoms with E-state index in [-0.39, 0.29) is 11.9 Å². The maximum Gasteiger partial charge on any atom is 0.316 e. The van der Waals surface area contributed by atoms with E-state index in [4.69, 9.17) is 9.47 Å². The van der Waals surface area contributed by atoms with Crippen molar-refractivity contribution in [2.24, 2.45) is 10.8 Å². The summed E-state index contributed by atoms with van der Waals surface area (Å²) in [4.78, 5) is 29.1. The standard InChI is InChI=1S/C62H64O4P2/c1-37-23-38(2)28-47(27-37)67(48-29-39(3)24-40(4)30-48)57-53(65-59(63)61(9,10)11)35-45-19-15-17-21-51(45)55(57)56-52-22-18-16-20-46(52)36-54(66-60(64)62(12,13)14)58(56)68(49-31-41(5)25-42(6)32-49)50-33-43(7)26-44(8)34-50/h15-36H,1-14H3. The minimum absolute atomic E-state index is 0.318. The molecule has 6 heteroatoms. The molecule has 8 aromatic rings. The Balaban J connectivity index is 1.70. The van der Waals surface area contributed by atoms with Crippen LogP contribution in [0.4, 0.5) is 0 Å². The van der Waals surface area contributed by atoms with Crippen LogP contribution in [0.25, 0.3) is 32.7 Å². The van der Waals surface area contributed by atoms with Crippen molar-refractivity contribution in [3.05, 3.63) is 178 Å². The van der Waals surface area contributed by atoms with Gasteiger partial charge in [-0.25, -0.2) is 0 Å². The van der Waals surface area contributed by atoms with Gasteiger partial charge in [0.1, 0.15) is 11.5 Å². The summed E-state index contributed by atoms with van der Waals surface area (Å²) in [6.07, 6.45) is 0. The Morgan fingerprint density at radius 3 is 0.868 bits per heavy atom. The van der Waals surface area contributed by atoms with E-state index in [1.54, 1.807) is 0 Å². The number of rotatable bonds is 9. The van der Waals surface area contributed by atoms with Crippen molar-refractivity contribution in [2.45, 2.75) is 96.9 Å². The Labute approximate surface area is 406 Å². The molecular weight excluding hydrogens is 871 g/mol. The van der Waals surface area contributed by atoms with Crippen LogP contribution in [0.1, 0.15) is 86.1 Å². The lowest BCUT2D eigenvalue weighted by Gasteiger charge is -2.32. The molecule has 0 N–H and O–H groups in total. The second-order valence-electron chi connectivity index (χ2n) is 21.0. The quantitative estimate of drug-likeness (QED) is 0.0822. The fourth-order valence-corrected chi connectivity index (χ4v) is 15.2. The van der Waals surface area contributed by atoms with Gasteiger partial charge in [-0.3, -0.25) is 9.59 Å². The Morgan fingerprint density at radius 2 is 0.618 bits per heavy atom. The Kier molecular flexibility index (Phi) is 13.5. The smallest absolute Gasteiger partial charge is 0.316 e. The van der Waals surface area contributed by atoms with E-state index in [9.17, 15) is 9.59 Å². The average molecular weight is 935 g/mol. The summed E-state index contributed by atoms with van der Waals surface area (Å²) in [7, 11) is -2.91. The average Bonchev–Trinajstić information content (AvgIpc) is 3.22. The minimum atomic E-state index is -1.45. The van der Waals surface area contributed by atoms with Gasteiger partial charge in [-0.2, -0.15) is 0 Å². The number of hydrogen-bond acceptors (Lipinski definition) is 4. The predicted molar refractivity (Wildman–Crippen MR) is 292 cm³/mol. The zero-order valence-electron chi connectivity index (χ0n) is 42.2. The van der Waals surface area contributed by atoms with Crippen LogP contribution in [0.15, 0.2) is 133 Å². The van der Waals surface area contributed by atoms with Gasteiger partial charge in [-0.15, -0.1) is 0 Å². The summed E-state index contributed by atoms with van der Waals surface area (Å²) < 4.78 is 13.8. The van der Waals surface area contributed by atoms with Gasteiger partial charge in [-0.1, -0.05) is 166 Å². The molecule has 0 spiro atoms. The van der Waals surface area contributed by atoms with Gasteiger partial charge in [0.2, 0.25) is 0 Å². The van der Waals surface area contributed by atoms with E-state index in [2.05, 4.69) is 189 Å². The summed E-state index contributed by atoms with van der Waals surface area (Å²) in [5.74, 6) is 0.414. The molecule has 0 bridgehead atoms. The lowest BCUT2D eigenvalue weighted by atomic mass is 9.92. The van der Waals surface area contributed by atoms with E-state index in [0.717, 1.165) is 109 Å². The molecule has 0 unspecified atom stereocenters. The van der Waals surface area contributed by atoms with E-state index < -0.39 is 26.7 Å². The van der Waals surface area contributed by atoms with Crippen molar-refractivity contribution < 1.29 is 19.1 Å². The molecule has 0 aliphatic rings. The number of esters is 2. The molecule has 0 heterocycles. The van der Waals surface area contributed by atoms with Crippen LogP contribution in [0.5, 0.6) is 11.5 Å². The molecule has 0 saturated carbocycles. The van der Waals surface area contributed by atoms with E-state index >= 15 is 0 Å². The van der Waals surface area contributed by atoms with E-state index in [0.29, 0.717) is 11.5 Å². The number of fused-ring (bicyclic) bond motifs is 2. The molecule has 0 atom stereocenters. The van der Waals surface area contributed by atoms with Crippen LogP contribution < -0.4 is 41.3 Å². The van der Waals surface area contributed by atoms with Crippen molar-refractivity contribution in [3.8, 4) is 22.6 Å². The molecular formula is C62H64O4P2. The molecule has 0 amide bonds. The van der Waals surface area contributed by atoms with Crippen molar-refractivity contribution in [1.29, 1.82) is 0 Å². The Morgan fingerprint density at radius 1 is 0.368 bits per heavy atom. The summed E-state index contributed by atoms with van der Waals surface area (Å²) in [5.41, 5.74) is 9.57. The molecule has 8 aromatic carbocycles. The van der Waals surface area contributed by atoms with Gasteiger partial charge in [0.15, 0.2) is 0 Å². The van der Waals surface area contributed by atoms with Crippen molar-refractivity contribution in [1.82, 2.24) is 0 Å². The van der Waals surface area contributed by atoms with Crippen molar-refractivity contribution >= 4 is 81.2 Å². The molecule has 0 fully saturated rings. The van der Waals surface area contributed by atoms with Crippen molar-refractivity contribution in [2.75, 3.05) is 0 Å². The first-order valence-electron chi connectivity index (χ1n) is 23.6. The van der Waals surface area contributed by atoms with Gasteiger partial charge >= 0.3 is 11.9 Å². The van der Waals surface area contributed by atoms with Crippen LogP contribution in [0.2, 0.25) is 0 Å². The monoisotopic (exact) mass is 934 g/mol. The first-order chi connectivity index (χ1) is 32.0. The van der Waals surface area contributed by atoms with Crippen LogP contribution in [0, 0.1) is 66.2 Å².